The molecule has 1 aliphatic carbocycles. The van der Waals surface area contributed by atoms with E-state index in [1.165, 1.54) is 18.2 Å². The highest BCUT2D eigenvalue weighted by atomic mass is 32.2. The van der Waals surface area contributed by atoms with Gasteiger partial charge in [0.1, 0.15) is 5.82 Å². The Balaban J connectivity index is 2.17. The SMILES string of the molecule is Nc1cc(F)ccc1S(=O)CC1CC1. The number of nitrogen functional groups attached to an aromatic ring is 1. The molecule has 0 aromatic heterocycles. The van der Waals surface area contributed by atoms with Crippen molar-refractivity contribution in [2.75, 3.05) is 11.5 Å². The fourth-order valence-electron chi connectivity index (χ4n) is 1.32. The Morgan fingerprint density at radius 1 is 1.50 bits per heavy atom. The summed E-state index contributed by atoms with van der Waals surface area (Å²) in [5, 5.41) is 0. The summed E-state index contributed by atoms with van der Waals surface area (Å²) < 4.78 is 24.4. The van der Waals surface area contributed by atoms with Crippen LogP contribution in [-0.4, -0.2) is 9.96 Å². The van der Waals surface area contributed by atoms with Gasteiger partial charge in [0.25, 0.3) is 0 Å². The fourth-order valence-corrected chi connectivity index (χ4v) is 2.80. The molecule has 4 heteroatoms. The molecule has 1 fully saturated rings. The zero-order chi connectivity index (χ0) is 10.1. The summed E-state index contributed by atoms with van der Waals surface area (Å²) in [6.45, 7) is 0. The van der Waals surface area contributed by atoms with Gasteiger partial charge in [-0.2, -0.15) is 0 Å². The van der Waals surface area contributed by atoms with Crippen LogP contribution in [0.1, 0.15) is 12.8 Å². The molecule has 1 aliphatic rings. The minimum absolute atomic E-state index is 0.295. The molecule has 1 saturated carbocycles. The summed E-state index contributed by atoms with van der Waals surface area (Å²) in [6.07, 6.45) is 2.32. The van der Waals surface area contributed by atoms with E-state index in [2.05, 4.69) is 0 Å². The maximum atomic E-state index is 12.7. The molecule has 0 saturated heterocycles. The Morgan fingerprint density at radius 2 is 2.21 bits per heavy atom. The van der Waals surface area contributed by atoms with Gasteiger partial charge in [-0.3, -0.25) is 4.21 Å². The molecule has 1 unspecified atom stereocenters. The second kappa shape index (κ2) is 3.69. The second-order valence-electron chi connectivity index (χ2n) is 3.64. The first kappa shape index (κ1) is 9.65. The van der Waals surface area contributed by atoms with Gasteiger partial charge in [-0.05, 0) is 37.0 Å². The topological polar surface area (TPSA) is 43.1 Å². The summed E-state index contributed by atoms with van der Waals surface area (Å²) in [7, 11) is -1.06. The molecule has 76 valence electrons. The number of hydrogen-bond donors (Lipinski definition) is 1. The molecule has 2 N–H and O–H groups in total. The number of rotatable bonds is 3. The summed E-state index contributed by atoms with van der Waals surface area (Å²) in [5.41, 5.74) is 5.88. The Labute approximate surface area is 84.8 Å². The largest absolute Gasteiger partial charge is 0.398 e. The first-order valence-corrected chi connectivity index (χ1v) is 5.92. The monoisotopic (exact) mass is 213 g/mol. The number of anilines is 1. The van der Waals surface area contributed by atoms with E-state index >= 15 is 0 Å². The van der Waals surface area contributed by atoms with E-state index in [-0.39, 0.29) is 5.82 Å². The van der Waals surface area contributed by atoms with Gasteiger partial charge >= 0.3 is 0 Å². The number of halogens is 1. The third kappa shape index (κ3) is 2.12. The lowest BCUT2D eigenvalue weighted by Crippen LogP contribution is -2.03. The lowest BCUT2D eigenvalue weighted by atomic mass is 10.3. The van der Waals surface area contributed by atoms with Crippen LogP contribution in [0.25, 0.3) is 0 Å². The van der Waals surface area contributed by atoms with Crippen molar-refractivity contribution >= 4 is 16.5 Å². The molecule has 0 radical (unpaired) electrons. The summed E-state index contributed by atoms with van der Waals surface area (Å²) in [6, 6.07) is 4.04. The van der Waals surface area contributed by atoms with Gasteiger partial charge < -0.3 is 5.73 Å². The Morgan fingerprint density at radius 3 is 2.79 bits per heavy atom. The first-order chi connectivity index (χ1) is 6.66. The predicted molar refractivity (Wildman–Crippen MR) is 54.8 cm³/mol. The van der Waals surface area contributed by atoms with Crippen molar-refractivity contribution in [2.24, 2.45) is 5.92 Å². The zero-order valence-electron chi connectivity index (χ0n) is 7.70. The molecule has 0 spiro atoms. The fraction of sp³-hybridized carbons (Fsp3) is 0.400. The van der Waals surface area contributed by atoms with Crippen LogP contribution in [0.5, 0.6) is 0 Å². The molecule has 0 amide bonds. The summed E-state index contributed by atoms with van der Waals surface area (Å²) >= 11 is 0. The molecular formula is C10H12FNOS. The first-order valence-electron chi connectivity index (χ1n) is 4.60. The standard InChI is InChI=1S/C10H12FNOS/c11-8-3-4-10(9(12)5-8)14(13)6-7-1-2-7/h3-5,7H,1-2,6,12H2. The van der Waals surface area contributed by atoms with E-state index < -0.39 is 10.8 Å². The predicted octanol–water partition coefficient (Wildman–Crippen LogP) is 1.93. The van der Waals surface area contributed by atoms with Crippen molar-refractivity contribution in [3.8, 4) is 0 Å². The smallest absolute Gasteiger partial charge is 0.125 e. The number of hydrogen-bond acceptors (Lipinski definition) is 2. The highest BCUT2D eigenvalue weighted by Gasteiger charge is 2.25. The van der Waals surface area contributed by atoms with E-state index in [0.29, 0.717) is 22.3 Å². The van der Waals surface area contributed by atoms with Gasteiger partial charge in [0, 0.05) is 5.75 Å². The average molecular weight is 213 g/mol. The van der Waals surface area contributed by atoms with Crippen molar-refractivity contribution in [1.82, 2.24) is 0 Å². The van der Waals surface area contributed by atoms with Gasteiger partial charge in [-0.25, -0.2) is 4.39 Å². The average Bonchev–Trinajstić information content (AvgIpc) is 2.87. The highest BCUT2D eigenvalue weighted by Crippen LogP contribution is 2.31. The van der Waals surface area contributed by atoms with Gasteiger partial charge in [0.15, 0.2) is 0 Å². The third-order valence-corrected chi connectivity index (χ3v) is 3.94. The highest BCUT2D eigenvalue weighted by molar-refractivity contribution is 7.85. The van der Waals surface area contributed by atoms with Gasteiger partial charge in [-0.1, -0.05) is 0 Å². The van der Waals surface area contributed by atoms with Gasteiger partial charge in [-0.15, -0.1) is 0 Å². The second-order valence-corrected chi connectivity index (χ2v) is 5.10. The molecule has 1 atom stereocenters. The van der Waals surface area contributed by atoms with Crippen LogP contribution in [0.15, 0.2) is 23.1 Å². The lowest BCUT2D eigenvalue weighted by molar-refractivity contribution is 0.627. The van der Waals surface area contributed by atoms with Gasteiger partial charge in [0.2, 0.25) is 0 Å². The molecule has 0 heterocycles. The molecule has 1 aromatic rings. The Kier molecular flexibility index (Phi) is 2.54. The minimum Gasteiger partial charge on any atom is -0.398 e. The van der Waals surface area contributed by atoms with Crippen molar-refractivity contribution in [1.29, 1.82) is 0 Å². The quantitative estimate of drug-likeness (QED) is 0.779. The van der Waals surface area contributed by atoms with Crippen LogP contribution in [-0.2, 0) is 10.8 Å². The van der Waals surface area contributed by atoms with Gasteiger partial charge in [0.05, 0.1) is 21.4 Å². The van der Waals surface area contributed by atoms with E-state index in [9.17, 15) is 8.60 Å². The van der Waals surface area contributed by atoms with Crippen LogP contribution in [0.2, 0.25) is 0 Å². The van der Waals surface area contributed by atoms with Crippen molar-refractivity contribution in [3.05, 3.63) is 24.0 Å². The third-order valence-electron chi connectivity index (χ3n) is 2.30. The van der Waals surface area contributed by atoms with E-state index in [1.54, 1.807) is 0 Å². The van der Waals surface area contributed by atoms with E-state index in [1.807, 2.05) is 0 Å². The Bertz CT molecular complexity index is 376. The minimum atomic E-state index is -1.06. The maximum Gasteiger partial charge on any atom is 0.125 e. The number of benzene rings is 1. The van der Waals surface area contributed by atoms with Crippen molar-refractivity contribution in [2.45, 2.75) is 17.7 Å². The van der Waals surface area contributed by atoms with Crippen LogP contribution in [0.3, 0.4) is 0 Å². The van der Waals surface area contributed by atoms with Crippen LogP contribution in [0.4, 0.5) is 10.1 Å². The summed E-state index contributed by atoms with van der Waals surface area (Å²) in [4.78, 5) is 0.568. The summed E-state index contributed by atoms with van der Waals surface area (Å²) in [5.74, 6) is 0.866. The molecular weight excluding hydrogens is 201 g/mol. The molecule has 2 nitrogen and oxygen atoms in total. The molecule has 0 aliphatic heterocycles. The lowest BCUT2D eigenvalue weighted by Gasteiger charge is -2.04. The molecule has 14 heavy (non-hydrogen) atoms. The van der Waals surface area contributed by atoms with E-state index in [4.69, 9.17) is 5.73 Å². The number of nitrogens with two attached hydrogens (primary N) is 1. The molecule has 1 aromatic carbocycles. The van der Waals surface area contributed by atoms with Crippen LogP contribution >= 0.6 is 0 Å². The van der Waals surface area contributed by atoms with E-state index in [0.717, 1.165) is 12.8 Å². The van der Waals surface area contributed by atoms with Crippen LogP contribution in [0, 0.1) is 11.7 Å². The Hall–Kier alpha value is -0.900. The molecule has 2 rings (SSSR count). The van der Waals surface area contributed by atoms with Crippen LogP contribution < -0.4 is 5.73 Å². The zero-order valence-corrected chi connectivity index (χ0v) is 8.52. The molecule has 0 bridgehead atoms. The van der Waals surface area contributed by atoms with Crippen molar-refractivity contribution in [3.63, 3.8) is 0 Å². The maximum absolute atomic E-state index is 12.7. The van der Waals surface area contributed by atoms with Crippen molar-refractivity contribution < 1.29 is 8.60 Å². The normalized spacial score (nSPS) is 18.1.